The van der Waals surface area contributed by atoms with Gasteiger partial charge in [0.15, 0.2) is 0 Å². The Labute approximate surface area is 119 Å². The summed E-state index contributed by atoms with van der Waals surface area (Å²) in [5, 5.41) is 0. The minimum atomic E-state index is -0.219. The number of hydrogen-bond donors (Lipinski definition) is 0. The van der Waals surface area contributed by atoms with E-state index in [1.165, 1.54) is 7.11 Å². The van der Waals surface area contributed by atoms with Gasteiger partial charge in [0.05, 0.1) is 13.0 Å². The number of amides is 1. The second-order valence-electron chi connectivity index (χ2n) is 5.43. The maximum atomic E-state index is 12.6. The lowest BCUT2D eigenvalue weighted by molar-refractivity contribution is -0.146. The highest BCUT2D eigenvalue weighted by Gasteiger charge is 2.29. The zero-order valence-electron chi connectivity index (χ0n) is 12.3. The van der Waals surface area contributed by atoms with Gasteiger partial charge in [-0.15, -0.1) is 0 Å². The van der Waals surface area contributed by atoms with Crippen LogP contribution in [0.15, 0.2) is 18.2 Å². The number of carbonyl (C=O) groups excluding carboxylic acids is 2. The first-order valence-corrected chi connectivity index (χ1v) is 6.97. The maximum Gasteiger partial charge on any atom is 0.310 e. The topological polar surface area (TPSA) is 46.6 Å². The molecule has 4 heteroatoms. The standard InChI is InChI=1S/C16H21NO3/c1-11-6-7-14(12(2)9-11)15(18)17-8-4-5-13(10-17)16(19)20-3/h6-7,9,13H,4-5,8,10H2,1-3H3/t13-/m0/s1. The SMILES string of the molecule is COC(=O)[C@H]1CCCN(C(=O)c2ccc(C)cc2C)C1. The Morgan fingerprint density at radius 1 is 1.30 bits per heavy atom. The predicted molar refractivity (Wildman–Crippen MR) is 76.6 cm³/mol. The molecule has 1 saturated heterocycles. The van der Waals surface area contributed by atoms with Crippen LogP contribution >= 0.6 is 0 Å². The summed E-state index contributed by atoms with van der Waals surface area (Å²) in [5.74, 6) is -0.400. The van der Waals surface area contributed by atoms with Gasteiger partial charge >= 0.3 is 5.97 Å². The Hall–Kier alpha value is -1.84. The van der Waals surface area contributed by atoms with Gasteiger partial charge in [0.2, 0.25) is 0 Å². The Kier molecular flexibility index (Phi) is 4.42. The molecule has 1 aromatic rings. The van der Waals surface area contributed by atoms with E-state index < -0.39 is 0 Å². The quantitative estimate of drug-likeness (QED) is 0.778. The van der Waals surface area contributed by atoms with Gasteiger partial charge in [-0.05, 0) is 38.3 Å². The van der Waals surface area contributed by atoms with Crippen LogP contribution in [0.3, 0.4) is 0 Å². The first-order chi connectivity index (χ1) is 9.52. The molecular weight excluding hydrogens is 254 g/mol. The number of ether oxygens (including phenoxy) is 1. The summed E-state index contributed by atoms with van der Waals surface area (Å²) in [4.78, 5) is 26.0. The summed E-state index contributed by atoms with van der Waals surface area (Å²) in [6.45, 7) is 5.12. The lowest BCUT2D eigenvalue weighted by Gasteiger charge is -2.31. The monoisotopic (exact) mass is 275 g/mol. The van der Waals surface area contributed by atoms with Crippen molar-refractivity contribution in [3.63, 3.8) is 0 Å². The van der Waals surface area contributed by atoms with Crippen LogP contribution < -0.4 is 0 Å². The molecule has 4 nitrogen and oxygen atoms in total. The number of methoxy groups -OCH3 is 1. The van der Waals surface area contributed by atoms with Crippen molar-refractivity contribution in [2.75, 3.05) is 20.2 Å². The van der Waals surface area contributed by atoms with Gasteiger partial charge in [-0.1, -0.05) is 17.7 Å². The molecule has 1 amide bonds. The molecule has 2 rings (SSSR count). The van der Waals surface area contributed by atoms with E-state index in [0.717, 1.165) is 29.5 Å². The van der Waals surface area contributed by atoms with Crippen LogP contribution in [0.25, 0.3) is 0 Å². The van der Waals surface area contributed by atoms with Crippen molar-refractivity contribution in [3.8, 4) is 0 Å². The molecule has 20 heavy (non-hydrogen) atoms. The molecule has 0 aliphatic carbocycles. The molecule has 1 atom stereocenters. The van der Waals surface area contributed by atoms with Crippen molar-refractivity contribution in [2.45, 2.75) is 26.7 Å². The summed E-state index contributed by atoms with van der Waals surface area (Å²) in [7, 11) is 1.40. The van der Waals surface area contributed by atoms with Gasteiger partial charge in [-0.2, -0.15) is 0 Å². The fourth-order valence-corrected chi connectivity index (χ4v) is 2.74. The van der Waals surface area contributed by atoms with E-state index in [-0.39, 0.29) is 17.8 Å². The molecule has 108 valence electrons. The Bertz CT molecular complexity index is 524. The molecular formula is C16H21NO3. The van der Waals surface area contributed by atoms with Crippen molar-refractivity contribution in [1.29, 1.82) is 0 Å². The number of hydrogen-bond acceptors (Lipinski definition) is 3. The second-order valence-corrected chi connectivity index (χ2v) is 5.43. The highest BCUT2D eigenvalue weighted by atomic mass is 16.5. The van der Waals surface area contributed by atoms with E-state index in [1.807, 2.05) is 32.0 Å². The van der Waals surface area contributed by atoms with Crippen LogP contribution in [0.5, 0.6) is 0 Å². The van der Waals surface area contributed by atoms with Crippen molar-refractivity contribution < 1.29 is 14.3 Å². The average Bonchev–Trinajstić information content (AvgIpc) is 2.46. The number of piperidine rings is 1. The number of benzene rings is 1. The third-order valence-electron chi connectivity index (χ3n) is 3.86. The van der Waals surface area contributed by atoms with E-state index in [1.54, 1.807) is 4.90 Å². The van der Waals surface area contributed by atoms with Crippen LogP contribution in [-0.4, -0.2) is 37.0 Å². The molecule has 0 radical (unpaired) electrons. The van der Waals surface area contributed by atoms with Crippen molar-refractivity contribution in [2.24, 2.45) is 5.92 Å². The van der Waals surface area contributed by atoms with Crippen LogP contribution in [0.2, 0.25) is 0 Å². The van der Waals surface area contributed by atoms with E-state index in [4.69, 9.17) is 4.74 Å². The normalized spacial score (nSPS) is 18.8. The minimum absolute atomic E-state index is 0.0103. The van der Waals surface area contributed by atoms with Gasteiger partial charge in [0.1, 0.15) is 0 Å². The van der Waals surface area contributed by atoms with Crippen molar-refractivity contribution in [3.05, 3.63) is 34.9 Å². The van der Waals surface area contributed by atoms with Gasteiger partial charge in [0, 0.05) is 18.7 Å². The summed E-state index contributed by atoms with van der Waals surface area (Å²) in [6, 6.07) is 5.83. The molecule has 0 spiro atoms. The number of esters is 1. The third kappa shape index (κ3) is 3.00. The molecule has 0 bridgehead atoms. The van der Waals surface area contributed by atoms with E-state index in [9.17, 15) is 9.59 Å². The first-order valence-electron chi connectivity index (χ1n) is 6.97. The van der Waals surface area contributed by atoms with Crippen LogP contribution in [-0.2, 0) is 9.53 Å². The molecule has 0 saturated carbocycles. The van der Waals surface area contributed by atoms with Crippen LogP contribution in [0.1, 0.15) is 34.3 Å². The highest BCUT2D eigenvalue weighted by molar-refractivity contribution is 5.96. The molecule has 1 aliphatic rings. The Morgan fingerprint density at radius 3 is 2.70 bits per heavy atom. The average molecular weight is 275 g/mol. The van der Waals surface area contributed by atoms with Gasteiger partial charge in [-0.3, -0.25) is 9.59 Å². The lowest BCUT2D eigenvalue weighted by atomic mass is 9.96. The van der Waals surface area contributed by atoms with Gasteiger partial charge < -0.3 is 9.64 Å². The van der Waals surface area contributed by atoms with Gasteiger partial charge in [0.25, 0.3) is 5.91 Å². The number of likely N-dealkylation sites (tertiary alicyclic amines) is 1. The third-order valence-corrected chi connectivity index (χ3v) is 3.86. The number of carbonyl (C=O) groups is 2. The van der Waals surface area contributed by atoms with Crippen LogP contribution in [0, 0.1) is 19.8 Å². The molecule has 0 unspecified atom stereocenters. The van der Waals surface area contributed by atoms with E-state index in [2.05, 4.69) is 0 Å². The Morgan fingerprint density at radius 2 is 2.05 bits per heavy atom. The largest absolute Gasteiger partial charge is 0.469 e. The summed E-state index contributed by atoms with van der Waals surface area (Å²) in [5.41, 5.74) is 2.85. The number of nitrogens with zero attached hydrogens (tertiary/aromatic N) is 1. The number of rotatable bonds is 2. The van der Waals surface area contributed by atoms with E-state index >= 15 is 0 Å². The van der Waals surface area contributed by atoms with Crippen LogP contribution in [0.4, 0.5) is 0 Å². The molecule has 0 aromatic heterocycles. The Balaban J connectivity index is 2.14. The maximum absolute atomic E-state index is 12.6. The lowest BCUT2D eigenvalue weighted by Crippen LogP contribution is -2.42. The highest BCUT2D eigenvalue weighted by Crippen LogP contribution is 2.21. The van der Waals surface area contributed by atoms with Gasteiger partial charge in [-0.25, -0.2) is 0 Å². The summed E-state index contributed by atoms with van der Waals surface area (Å²) >= 11 is 0. The molecule has 1 heterocycles. The summed E-state index contributed by atoms with van der Waals surface area (Å²) in [6.07, 6.45) is 1.64. The second kappa shape index (κ2) is 6.07. The van der Waals surface area contributed by atoms with Crippen molar-refractivity contribution >= 4 is 11.9 Å². The molecule has 1 aliphatic heterocycles. The fourth-order valence-electron chi connectivity index (χ4n) is 2.74. The van der Waals surface area contributed by atoms with E-state index in [0.29, 0.717) is 13.1 Å². The zero-order chi connectivity index (χ0) is 14.7. The summed E-state index contributed by atoms with van der Waals surface area (Å²) < 4.78 is 4.79. The fraction of sp³-hybridized carbons (Fsp3) is 0.500. The zero-order valence-corrected chi connectivity index (χ0v) is 12.3. The van der Waals surface area contributed by atoms with Crippen molar-refractivity contribution in [1.82, 2.24) is 4.90 Å². The molecule has 1 aromatic carbocycles. The first kappa shape index (κ1) is 14.6. The molecule has 1 fully saturated rings. The predicted octanol–water partition coefficient (Wildman–Crippen LogP) is 2.33. The molecule has 0 N–H and O–H groups in total. The number of aryl methyl sites for hydroxylation is 2. The minimum Gasteiger partial charge on any atom is -0.469 e. The smallest absolute Gasteiger partial charge is 0.310 e.